The van der Waals surface area contributed by atoms with Crippen LogP contribution in [0.4, 0.5) is 10.1 Å². The van der Waals surface area contributed by atoms with Crippen molar-refractivity contribution in [2.45, 2.75) is 25.3 Å². The van der Waals surface area contributed by atoms with Crippen molar-refractivity contribution in [3.8, 4) is 0 Å². The van der Waals surface area contributed by atoms with Crippen LogP contribution < -0.4 is 10.0 Å². The Morgan fingerprint density at radius 1 is 1.29 bits per heavy atom. The van der Waals surface area contributed by atoms with E-state index < -0.39 is 15.8 Å². The molecule has 114 valence electrons. The molecule has 0 radical (unpaired) electrons. The van der Waals surface area contributed by atoms with E-state index in [1.807, 2.05) is 6.92 Å². The van der Waals surface area contributed by atoms with Gasteiger partial charge in [0.1, 0.15) is 10.7 Å². The van der Waals surface area contributed by atoms with Gasteiger partial charge in [-0.15, -0.1) is 0 Å². The number of H-pyrrole nitrogens is 1. The van der Waals surface area contributed by atoms with Crippen molar-refractivity contribution in [1.82, 2.24) is 10.3 Å². The number of nitrogens with one attached hydrogen (secondary N) is 3. The summed E-state index contributed by atoms with van der Waals surface area (Å²) in [5, 5.41) is 3.09. The number of sulfonamides is 1. The van der Waals surface area contributed by atoms with Gasteiger partial charge in [-0.25, -0.2) is 12.8 Å². The van der Waals surface area contributed by atoms with Crippen molar-refractivity contribution in [2.24, 2.45) is 0 Å². The van der Waals surface area contributed by atoms with Gasteiger partial charge in [-0.1, -0.05) is 13.0 Å². The van der Waals surface area contributed by atoms with Crippen LogP contribution in [0, 0.1) is 12.7 Å². The fraction of sp³-hybridized carbons (Fsp3) is 0.286. The first kappa shape index (κ1) is 15.5. The third kappa shape index (κ3) is 3.83. The third-order valence-electron chi connectivity index (χ3n) is 2.96. The second-order valence-corrected chi connectivity index (χ2v) is 6.41. The van der Waals surface area contributed by atoms with Gasteiger partial charge < -0.3 is 10.3 Å². The molecule has 1 aromatic heterocycles. The van der Waals surface area contributed by atoms with Gasteiger partial charge in [0.2, 0.25) is 0 Å². The predicted octanol–water partition coefficient (Wildman–Crippen LogP) is 2.37. The van der Waals surface area contributed by atoms with Gasteiger partial charge in [0.05, 0.1) is 5.69 Å². The van der Waals surface area contributed by atoms with E-state index in [0.717, 1.165) is 17.8 Å². The normalized spacial score (nSPS) is 11.6. The van der Waals surface area contributed by atoms with Gasteiger partial charge in [-0.3, -0.25) is 4.72 Å². The Morgan fingerprint density at radius 3 is 2.71 bits per heavy atom. The van der Waals surface area contributed by atoms with Gasteiger partial charge in [0, 0.05) is 18.4 Å². The van der Waals surface area contributed by atoms with Crippen LogP contribution >= 0.6 is 0 Å². The maximum absolute atomic E-state index is 13.7. The third-order valence-corrected chi connectivity index (χ3v) is 4.31. The smallest absolute Gasteiger partial charge is 0.263 e. The number of hydrogen-bond acceptors (Lipinski definition) is 3. The second kappa shape index (κ2) is 6.28. The zero-order valence-electron chi connectivity index (χ0n) is 11.9. The molecular weight excluding hydrogens is 293 g/mol. The van der Waals surface area contributed by atoms with Crippen LogP contribution in [0.1, 0.15) is 18.2 Å². The number of anilines is 1. The molecule has 0 atom stereocenters. The molecule has 0 amide bonds. The lowest BCUT2D eigenvalue weighted by molar-refractivity contribution is 0.598. The van der Waals surface area contributed by atoms with E-state index in [4.69, 9.17) is 0 Å². The average Bonchev–Trinajstić information content (AvgIpc) is 2.89. The highest BCUT2D eigenvalue weighted by Crippen LogP contribution is 2.20. The lowest BCUT2D eigenvalue weighted by Crippen LogP contribution is -2.14. The maximum Gasteiger partial charge on any atom is 0.263 e. The van der Waals surface area contributed by atoms with Crippen LogP contribution in [0.15, 0.2) is 35.4 Å². The number of benzene rings is 1. The molecule has 1 aromatic carbocycles. The lowest BCUT2D eigenvalue weighted by atomic mass is 10.2. The number of halogens is 1. The standard InChI is InChI=1S/C14H18FN3O2S/c1-3-16-8-11-7-12(9-17-11)21(19,20)18-14-5-4-10(2)6-13(14)15/h4-7,9,16-18H,3,8H2,1-2H3. The first-order valence-corrected chi connectivity index (χ1v) is 8.07. The van der Waals surface area contributed by atoms with E-state index in [2.05, 4.69) is 15.0 Å². The minimum absolute atomic E-state index is 0.0602. The van der Waals surface area contributed by atoms with Gasteiger partial charge in [0.15, 0.2) is 0 Å². The molecule has 21 heavy (non-hydrogen) atoms. The molecule has 2 rings (SSSR count). The molecule has 0 aliphatic heterocycles. The molecule has 0 aliphatic rings. The van der Waals surface area contributed by atoms with Gasteiger partial charge in [0.25, 0.3) is 10.0 Å². The van der Waals surface area contributed by atoms with E-state index in [1.165, 1.54) is 24.4 Å². The topological polar surface area (TPSA) is 74.0 Å². The summed E-state index contributed by atoms with van der Waals surface area (Å²) in [4.78, 5) is 2.96. The molecule has 0 saturated carbocycles. The van der Waals surface area contributed by atoms with Crippen LogP contribution in [0.25, 0.3) is 0 Å². The first-order chi connectivity index (χ1) is 9.92. The molecule has 0 fully saturated rings. The Morgan fingerprint density at radius 2 is 2.05 bits per heavy atom. The molecule has 0 saturated heterocycles. The summed E-state index contributed by atoms with van der Waals surface area (Å²) in [5.74, 6) is -0.595. The monoisotopic (exact) mass is 311 g/mol. The summed E-state index contributed by atoms with van der Waals surface area (Å²) in [7, 11) is -3.80. The number of hydrogen-bond donors (Lipinski definition) is 3. The Balaban J connectivity index is 2.19. The van der Waals surface area contributed by atoms with Crippen molar-refractivity contribution in [1.29, 1.82) is 0 Å². The Labute approximate surface area is 123 Å². The minimum atomic E-state index is -3.80. The maximum atomic E-state index is 13.7. The lowest BCUT2D eigenvalue weighted by Gasteiger charge is -2.08. The molecule has 7 heteroatoms. The van der Waals surface area contributed by atoms with Crippen molar-refractivity contribution in [3.63, 3.8) is 0 Å². The number of rotatable bonds is 6. The van der Waals surface area contributed by atoms with Crippen molar-refractivity contribution in [2.75, 3.05) is 11.3 Å². The first-order valence-electron chi connectivity index (χ1n) is 6.59. The molecule has 0 aliphatic carbocycles. The number of aryl methyl sites for hydroxylation is 1. The zero-order valence-corrected chi connectivity index (χ0v) is 12.7. The summed E-state index contributed by atoms with van der Waals surface area (Å²) in [5.41, 5.74) is 1.42. The van der Waals surface area contributed by atoms with Crippen molar-refractivity contribution < 1.29 is 12.8 Å². The molecule has 1 heterocycles. The van der Waals surface area contributed by atoms with E-state index in [1.54, 1.807) is 13.0 Å². The second-order valence-electron chi connectivity index (χ2n) is 4.73. The Hall–Kier alpha value is -1.86. The molecule has 0 unspecified atom stereocenters. The van der Waals surface area contributed by atoms with Gasteiger partial charge >= 0.3 is 0 Å². The fourth-order valence-electron chi connectivity index (χ4n) is 1.84. The van der Waals surface area contributed by atoms with E-state index in [9.17, 15) is 12.8 Å². The average molecular weight is 311 g/mol. The highest BCUT2D eigenvalue weighted by atomic mass is 32.2. The summed E-state index contributed by atoms with van der Waals surface area (Å²) >= 11 is 0. The van der Waals surface area contributed by atoms with Crippen LogP contribution in [-0.2, 0) is 16.6 Å². The summed E-state index contributed by atoms with van der Waals surface area (Å²) < 4.78 is 40.4. The molecule has 5 nitrogen and oxygen atoms in total. The zero-order chi connectivity index (χ0) is 15.5. The van der Waals surface area contributed by atoms with Crippen molar-refractivity contribution in [3.05, 3.63) is 47.5 Å². The van der Waals surface area contributed by atoms with Gasteiger partial charge in [-0.05, 0) is 37.2 Å². The summed E-state index contributed by atoms with van der Waals surface area (Å²) in [6, 6.07) is 5.87. The van der Waals surface area contributed by atoms with Crippen LogP contribution in [0.5, 0.6) is 0 Å². The van der Waals surface area contributed by atoms with E-state index in [0.29, 0.717) is 6.54 Å². The number of aromatic nitrogens is 1. The largest absolute Gasteiger partial charge is 0.363 e. The van der Waals surface area contributed by atoms with Crippen LogP contribution in [0.3, 0.4) is 0 Å². The van der Waals surface area contributed by atoms with Crippen LogP contribution in [0.2, 0.25) is 0 Å². The molecule has 0 bridgehead atoms. The van der Waals surface area contributed by atoms with Gasteiger partial charge in [-0.2, -0.15) is 0 Å². The quantitative estimate of drug-likeness (QED) is 0.767. The Kier molecular flexibility index (Phi) is 4.64. The van der Waals surface area contributed by atoms with E-state index >= 15 is 0 Å². The van der Waals surface area contributed by atoms with E-state index in [-0.39, 0.29) is 10.6 Å². The molecule has 2 aromatic rings. The fourth-order valence-corrected chi connectivity index (χ4v) is 2.93. The van der Waals surface area contributed by atoms with Crippen LogP contribution in [-0.4, -0.2) is 19.9 Å². The number of aromatic amines is 1. The minimum Gasteiger partial charge on any atom is -0.363 e. The Bertz CT molecular complexity index is 726. The SMILES string of the molecule is CCNCc1cc(S(=O)(=O)Nc2ccc(C)cc2F)c[nH]1. The summed E-state index contributed by atoms with van der Waals surface area (Å²) in [6.07, 6.45) is 1.39. The summed E-state index contributed by atoms with van der Waals surface area (Å²) in [6.45, 7) is 5.03. The van der Waals surface area contributed by atoms with Crippen molar-refractivity contribution >= 4 is 15.7 Å². The molecule has 3 N–H and O–H groups in total. The molecule has 0 spiro atoms. The highest BCUT2D eigenvalue weighted by molar-refractivity contribution is 7.92. The highest BCUT2D eigenvalue weighted by Gasteiger charge is 2.18. The predicted molar refractivity (Wildman–Crippen MR) is 80.1 cm³/mol. The molecular formula is C14H18FN3O2S.